The number of para-hydroxylation sites is 3. The summed E-state index contributed by atoms with van der Waals surface area (Å²) in [7, 11) is -1.72. The topological polar surface area (TPSA) is 6.48 Å². The van der Waals surface area contributed by atoms with Gasteiger partial charge in [0, 0.05) is 39.5 Å². The van der Waals surface area contributed by atoms with Crippen molar-refractivity contribution >= 4 is 64.6 Å². The van der Waals surface area contributed by atoms with Crippen LogP contribution in [0.5, 0.6) is 0 Å². The lowest BCUT2D eigenvalue weighted by atomic mass is 9.81. The molecule has 5 aliphatic rings. The van der Waals surface area contributed by atoms with Gasteiger partial charge >= 0.3 is 0 Å². The Labute approximate surface area is 355 Å². The first-order valence-electron chi connectivity index (χ1n) is 22.2. The van der Waals surface area contributed by atoms with Crippen molar-refractivity contribution in [1.29, 1.82) is 0 Å². The van der Waals surface area contributed by atoms with Gasteiger partial charge in [0.1, 0.15) is 8.07 Å². The lowest BCUT2D eigenvalue weighted by Crippen LogP contribution is -2.53. The molecule has 7 aromatic rings. The largest absolute Gasteiger partial charge is 0.314 e. The standard InChI is InChI=1S/C57H50N2Si/c1-57(2)49-36-40(22-21-39-23-25-44-37-45(29-28-43(44)35-39)58-51-15-5-3-13-41(51)26-27-42-14-4-6-16-52(42)58)24-31-47(49)48-32-30-46(38-50(48)57)59-53-17-7-9-19-55(53)60(33-11-12-34-60)56-20-10-8-18-54(56)59/h3-7,9-10,13-17,19-25,28-32,35-38H,8,11-12,18,26-27,33-34H2,1-2H3. The maximum Gasteiger partial charge on any atom is 0.123 e. The van der Waals surface area contributed by atoms with Gasteiger partial charge in [-0.25, -0.2) is 0 Å². The van der Waals surface area contributed by atoms with Crippen LogP contribution in [0.25, 0.3) is 34.1 Å². The van der Waals surface area contributed by atoms with Crippen molar-refractivity contribution in [2.24, 2.45) is 0 Å². The third-order valence-corrected chi connectivity index (χ3v) is 20.0. The van der Waals surface area contributed by atoms with Crippen molar-refractivity contribution in [2.45, 2.75) is 69.9 Å². The third kappa shape index (κ3) is 5.45. The lowest BCUT2D eigenvalue weighted by molar-refractivity contribution is 0.660. The van der Waals surface area contributed by atoms with Gasteiger partial charge in [0.05, 0.1) is 0 Å². The summed E-state index contributed by atoms with van der Waals surface area (Å²) in [5.74, 6) is 0. The van der Waals surface area contributed by atoms with Crippen molar-refractivity contribution in [3.8, 4) is 11.1 Å². The highest BCUT2D eigenvalue weighted by atomic mass is 28.3. The molecule has 0 unspecified atom stereocenters. The van der Waals surface area contributed by atoms with Gasteiger partial charge in [-0.15, -0.1) is 0 Å². The second-order valence-corrected chi connectivity index (χ2v) is 22.6. The summed E-state index contributed by atoms with van der Waals surface area (Å²) in [6.45, 7) is 4.85. The van der Waals surface area contributed by atoms with E-state index in [2.05, 4.69) is 194 Å². The van der Waals surface area contributed by atoms with Crippen LogP contribution in [0.15, 0.2) is 169 Å². The van der Waals surface area contributed by atoms with Crippen LogP contribution < -0.4 is 15.0 Å². The Morgan fingerprint density at radius 2 is 1.12 bits per heavy atom. The first-order valence-corrected chi connectivity index (χ1v) is 24.6. The SMILES string of the molecule is CC1(C)c2cc(C=Cc3ccc4cc(N5c6ccccc6CCc6ccccc65)ccc4c3)ccc2-c2ccc(N3C4=C(C=CCC4)[Si]4(CCCC4)c4ccccc43)cc21. The number of rotatable bonds is 4. The van der Waals surface area contributed by atoms with Gasteiger partial charge in [0.25, 0.3) is 0 Å². The summed E-state index contributed by atoms with van der Waals surface area (Å²) >= 11 is 0. The van der Waals surface area contributed by atoms with Crippen LogP contribution in [0.4, 0.5) is 28.4 Å². The van der Waals surface area contributed by atoms with Crippen LogP contribution in [0.3, 0.4) is 0 Å². The molecule has 0 bridgehead atoms. The molecule has 0 saturated carbocycles. The number of hydrogen-bond acceptors (Lipinski definition) is 2. The molecule has 7 aromatic carbocycles. The predicted octanol–water partition coefficient (Wildman–Crippen LogP) is 14.6. The van der Waals surface area contributed by atoms with Crippen molar-refractivity contribution in [2.75, 3.05) is 9.80 Å². The highest BCUT2D eigenvalue weighted by Crippen LogP contribution is 2.53. The van der Waals surface area contributed by atoms with E-state index in [1.165, 1.54) is 109 Å². The quantitative estimate of drug-likeness (QED) is 0.129. The Bertz CT molecular complexity index is 2940. The normalized spacial score (nSPS) is 18.0. The van der Waals surface area contributed by atoms with Gasteiger partial charge in [-0.3, -0.25) is 0 Å². The maximum absolute atomic E-state index is 2.66. The van der Waals surface area contributed by atoms with Crippen molar-refractivity contribution in [3.05, 3.63) is 202 Å². The van der Waals surface area contributed by atoms with Crippen LogP contribution in [-0.2, 0) is 18.3 Å². The van der Waals surface area contributed by atoms with E-state index >= 15 is 0 Å². The van der Waals surface area contributed by atoms with E-state index in [0.29, 0.717) is 0 Å². The van der Waals surface area contributed by atoms with Gasteiger partial charge in [0.2, 0.25) is 0 Å². The van der Waals surface area contributed by atoms with E-state index in [9.17, 15) is 0 Å². The smallest absolute Gasteiger partial charge is 0.123 e. The van der Waals surface area contributed by atoms with Gasteiger partial charge in [-0.05, 0) is 152 Å². The molecule has 0 aromatic heterocycles. The highest BCUT2D eigenvalue weighted by molar-refractivity contribution is 7.00. The number of nitrogens with zero attached hydrogens (tertiary/aromatic N) is 2. The third-order valence-electron chi connectivity index (χ3n) is 14.7. The molecule has 292 valence electrons. The molecular formula is C57H50N2Si. The number of hydrogen-bond donors (Lipinski definition) is 0. The molecule has 3 aliphatic heterocycles. The number of allylic oxidation sites excluding steroid dienone is 4. The Morgan fingerprint density at radius 3 is 1.88 bits per heavy atom. The summed E-state index contributed by atoms with van der Waals surface area (Å²) in [5, 5.41) is 5.88. The minimum atomic E-state index is -1.72. The number of fused-ring (bicyclic) bond motifs is 9. The maximum atomic E-state index is 2.66. The van der Waals surface area contributed by atoms with Crippen LogP contribution in [0.2, 0.25) is 12.1 Å². The Kier molecular flexibility index (Phi) is 8.16. The van der Waals surface area contributed by atoms with E-state index in [1.54, 1.807) is 16.1 Å². The molecule has 1 spiro atoms. The zero-order valence-electron chi connectivity index (χ0n) is 34.7. The van der Waals surface area contributed by atoms with Gasteiger partial charge in [0.15, 0.2) is 0 Å². The lowest BCUT2D eigenvalue weighted by Gasteiger charge is -2.45. The minimum Gasteiger partial charge on any atom is -0.314 e. The fourth-order valence-corrected chi connectivity index (χ4v) is 17.4. The van der Waals surface area contributed by atoms with Crippen LogP contribution in [0, 0.1) is 0 Å². The summed E-state index contributed by atoms with van der Waals surface area (Å²) in [5.41, 5.74) is 18.8. The summed E-state index contributed by atoms with van der Waals surface area (Å²) in [6, 6.07) is 58.3. The summed E-state index contributed by atoms with van der Waals surface area (Å²) in [4.78, 5) is 5.12. The van der Waals surface area contributed by atoms with Gasteiger partial charge in [-0.2, -0.15) is 0 Å². The van der Waals surface area contributed by atoms with Crippen molar-refractivity contribution in [3.63, 3.8) is 0 Å². The second kappa shape index (κ2) is 13.7. The number of aryl methyl sites for hydroxylation is 2. The molecule has 12 rings (SSSR count). The molecule has 0 N–H and O–H groups in total. The van der Waals surface area contributed by atoms with E-state index in [-0.39, 0.29) is 5.41 Å². The first kappa shape index (κ1) is 35.8. The molecular weight excluding hydrogens is 741 g/mol. The van der Waals surface area contributed by atoms with Crippen molar-refractivity contribution in [1.82, 2.24) is 0 Å². The van der Waals surface area contributed by atoms with E-state index in [1.807, 2.05) is 0 Å². The van der Waals surface area contributed by atoms with E-state index in [0.717, 1.165) is 25.7 Å². The Balaban J connectivity index is 0.847. The minimum absolute atomic E-state index is 0.111. The molecule has 0 amide bonds. The molecule has 1 fully saturated rings. The zero-order chi connectivity index (χ0) is 40.0. The Hall–Kier alpha value is -6.16. The summed E-state index contributed by atoms with van der Waals surface area (Å²) < 4.78 is 0. The number of anilines is 5. The number of benzene rings is 7. The summed E-state index contributed by atoms with van der Waals surface area (Å²) in [6.07, 6.45) is 16.7. The monoisotopic (exact) mass is 790 g/mol. The molecule has 3 heteroatoms. The van der Waals surface area contributed by atoms with Gasteiger partial charge in [-0.1, -0.05) is 148 Å². The van der Waals surface area contributed by atoms with Crippen LogP contribution in [0.1, 0.15) is 72.9 Å². The first-order chi connectivity index (χ1) is 29.5. The average molecular weight is 791 g/mol. The van der Waals surface area contributed by atoms with Crippen LogP contribution in [-0.4, -0.2) is 8.07 Å². The average Bonchev–Trinajstić information content (AvgIpc) is 3.81. The zero-order valence-corrected chi connectivity index (χ0v) is 35.7. The highest BCUT2D eigenvalue weighted by Gasteiger charge is 2.48. The van der Waals surface area contributed by atoms with Crippen LogP contribution >= 0.6 is 0 Å². The molecule has 3 heterocycles. The van der Waals surface area contributed by atoms with E-state index < -0.39 is 8.07 Å². The fourth-order valence-electron chi connectivity index (χ4n) is 11.7. The fraction of sp³-hybridized carbons (Fsp3) is 0.193. The predicted molar refractivity (Wildman–Crippen MR) is 257 cm³/mol. The molecule has 2 aliphatic carbocycles. The molecule has 0 atom stereocenters. The second-order valence-electron chi connectivity index (χ2n) is 18.3. The van der Waals surface area contributed by atoms with Crippen molar-refractivity contribution < 1.29 is 0 Å². The molecule has 2 nitrogen and oxygen atoms in total. The molecule has 60 heavy (non-hydrogen) atoms. The Morgan fingerprint density at radius 1 is 0.533 bits per heavy atom. The van der Waals surface area contributed by atoms with E-state index in [4.69, 9.17) is 0 Å². The van der Waals surface area contributed by atoms with Gasteiger partial charge < -0.3 is 9.80 Å². The molecule has 1 saturated heterocycles. The molecule has 0 radical (unpaired) electrons.